The molecule has 0 spiro atoms. The van der Waals surface area contributed by atoms with E-state index in [-0.39, 0.29) is 36.8 Å². The molecule has 12 aromatic rings. The minimum atomic E-state index is -4.63. The fourth-order valence-corrected chi connectivity index (χ4v) is 11.9. The van der Waals surface area contributed by atoms with Gasteiger partial charge in [-0.1, -0.05) is 140 Å². The Hall–Kier alpha value is -9.83. The number of hydrogen-bond donors (Lipinski definition) is 4. The van der Waals surface area contributed by atoms with E-state index < -0.39 is 26.9 Å². The Balaban J connectivity index is 0.691. The number of halogens is 3. The maximum absolute atomic E-state index is 14.4. The molecule has 0 saturated carbocycles. The Morgan fingerprint density at radius 3 is 0.913 bits per heavy atom. The van der Waals surface area contributed by atoms with Crippen molar-refractivity contribution in [3.63, 3.8) is 0 Å². The monoisotopic (exact) mass is 1270 g/mol. The average Bonchev–Trinajstić information content (AvgIpc) is 1.07. The van der Waals surface area contributed by atoms with Crippen molar-refractivity contribution in [3.8, 4) is 112 Å². The van der Waals surface area contributed by atoms with Gasteiger partial charge >= 0.3 is 21.4 Å². The van der Waals surface area contributed by atoms with Gasteiger partial charge in [-0.25, -0.2) is 38.2 Å². The van der Waals surface area contributed by atoms with Gasteiger partial charge in [-0.05, 0) is 75.2 Å². The van der Waals surface area contributed by atoms with Gasteiger partial charge in [0.05, 0.1) is 34.8 Å². The molecule has 0 aliphatic carbocycles. The summed E-state index contributed by atoms with van der Waals surface area (Å²) in [6, 6.07) is 65.1. The highest BCUT2D eigenvalue weighted by Gasteiger charge is 2.34. The molecule has 6 heterocycles. The topological polar surface area (TPSA) is 182 Å². The molecular formula is C73H63F3N8O6P2+4. The highest BCUT2D eigenvalue weighted by molar-refractivity contribution is 7.52. The van der Waals surface area contributed by atoms with E-state index in [0.29, 0.717) is 28.3 Å². The van der Waals surface area contributed by atoms with Crippen LogP contribution in [0, 0.1) is 6.92 Å². The van der Waals surface area contributed by atoms with Crippen molar-refractivity contribution in [3.05, 3.63) is 267 Å². The molecular weight excluding hydrogens is 1200 g/mol. The third kappa shape index (κ3) is 15.5. The quantitative estimate of drug-likeness (QED) is 0.0423. The predicted molar refractivity (Wildman–Crippen MR) is 347 cm³/mol. The molecule has 458 valence electrons. The predicted octanol–water partition coefficient (Wildman–Crippen LogP) is 13.9. The van der Waals surface area contributed by atoms with Gasteiger partial charge < -0.3 is 19.6 Å². The van der Waals surface area contributed by atoms with Crippen molar-refractivity contribution < 1.29 is 60.1 Å². The van der Waals surface area contributed by atoms with Crippen LogP contribution >= 0.6 is 15.2 Å². The van der Waals surface area contributed by atoms with E-state index in [9.17, 15) is 41.9 Å². The zero-order valence-electron chi connectivity index (χ0n) is 49.9. The van der Waals surface area contributed by atoms with Crippen molar-refractivity contribution in [1.29, 1.82) is 0 Å². The Bertz CT molecular complexity index is 4670. The summed E-state index contributed by atoms with van der Waals surface area (Å²) >= 11 is 0. The summed E-state index contributed by atoms with van der Waals surface area (Å²) in [6.07, 6.45) is 11.3. The molecule has 0 fully saturated rings. The maximum Gasteiger partial charge on any atom is 0.417 e. The third-order valence-corrected chi connectivity index (χ3v) is 17.6. The summed E-state index contributed by atoms with van der Waals surface area (Å²) in [5.74, 6) is 0.583. The van der Waals surface area contributed by atoms with Crippen LogP contribution in [-0.2, 0) is 41.5 Å². The Morgan fingerprint density at radius 2 is 0.609 bits per heavy atom. The number of nitrogens with zero attached hydrogens (tertiary/aromatic N) is 8. The molecule has 12 rings (SSSR count). The zero-order valence-corrected chi connectivity index (χ0v) is 51.7. The van der Waals surface area contributed by atoms with E-state index in [0.717, 1.165) is 104 Å². The second-order valence-electron chi connectivity index (χ2n) is 22.5. The smallest absolute Gasteiger partial charge is 0.324 e. The molecule has 0 saturated heterocycles. The van der Waals surface area contributed by atoms with Gasteiger partial charge in [0.2, 0.25) is 0 Å². The molecule has 0 aliphatic rings. The van der Waals surface area contributed by atoms with Crippen LogP contribution in [0.4, 0.5) is 13.2 Å². The van der Waals surface area contributed by atoms with Crippen LogP contribution in [0.15, 0.2) is 256 Å². The second-order valence-corrected chi connectivity index (χ2v) is 26.1. The number of alkyl halides is 3. The molecule has 0 unspecified atom stereocenters. The lowest BCUT2D eigenvalue weighted by atomic mass is 10.0. The average molecular weight is 1270 g/mol. The Labute approximate surface area is 530 Å². The van der Waals surface area contributed by atoms with Gasteiger partial charge in [0.15, 0.2) is 87.4 Å². The Morgan fingerprint density at radius 1 is 0.348 bits per heavy atom. The van der Waals surface area contributed by atoms with E-state index in [2.05, 4.69) is 108 Å². The molecule has 19 heteroatoms. The fraction of sp³-hybridized carbons (Fsp3) is 0.123. The summed E-state index contributed by atoms with van der Waals surface area (Å²) in [6.45, 7) is 4.06. The van der Waals surface area contributed by atoms with Crippen LogP contribution in [0.3, 0.4) is 0 Å². The fourth-order valence-electron chi connectivity index (χ4n) is 10.9. The van der Waals surface area contributed by atoms with Crippen LogP contribution in [0.1, 0.15) is 17.5 Å². The van der Waals surface area contributed by atoms with E-state index in [1.54, 1.807) is 33.7 Å². The number of pyridine rings is 4. The van der Waals surface area contributed by atoms with Gasteiger partial charge in [-0.3, -0.25) is 9.13 Å². The van der Waals surface area contributed by atoms with Crippen LogP contribution in [0.25, 0.3) is 112 Å². The molecule has 6 aromatic carbocycles. The van der Waals surface area contributed by atoms with Gasteiger partial charge in [-0.15, -0.1) is 0 Å². The van der Waals surface area contributed by atoms with Crippen molar-refractivity contribution in [1.82, 2.24) is 19.9 Å². The largest absolute Gasteiger partial charge is 0.417 e. The lowest BCUT2D eigenvalue weighted by Crippen LogP contribution is -2.38. The first-order valence-corrected chi connectivity index (χ1v) is 33.4. The molecule has 0 radical (unpaired) electrons. The molecule has 4 N–H and O–H groups in total. The van der Waals surface area contributed by atoms with Crippen molar-refractivity contribution in [2.75, 3.05) is 12.3 Å². The number of hydrogen-bond acceptors (Lipinski definition) is 6. The third-order valence-electron chi connectivity index (χ3n) is 16.1. The summed E-state index contributed by atoms with van der Waals surface area (Å²) in [5, 5.41) is 0. The highest BCUT2D eigenvalue weighted by Crippen LogP contribution is 2.39. The standard InChI is InChI=1S/C73H59F3N8O6P2/c1-51-7-2-3-8-64(51)71-77-67(49-68(78-71)61-21-13-54(14-22-61)58-31-41-83(42-32-58)45-47-91(85,86)87)60-19-11-52(12-20-60)56-27-37-81(38-28-56)35-6-36-82-39-29-57(30-40-82)53-15-23-62(24-16-53)69-50-70(80-72(79-69)65-9-4-5-10-66(65)73(74,75)76)63-25-17-55(18-26-63)59-33-43-84(44-34-59)46-48-92(88,89)90/h2-5,7-34,37-44,49-50H,6,35-36,45-48H2,1H3/p+4. The molecule has 14 nitrogen and oxygen atoms in total. The first-order chi connectivity index (χ1) is 44.3. The maximum atomic E-state index is 14.4. The SMILES string of the molecule is Cc1ccccc1-c1nc(-c2ccc(-c3cc[n+](CCC[n+]4ccc(-c5ccc(-c6cc(-c7ccc(-c8cc[n+](CCP(=O)(O)O)cc8)cc7)nc(-c7ccccc7C(F)(F)F)n6)cc5)cc4)cc3)cc2)cc(-c2ccc(-c3cc[n+](CCP(=O)(O)O)cc3)cc2)n1. The Kier molecular flexibility index (Phi) is 18.3. The molecule has 0 atom stereocenters. The van der Waals surface area contributed by atoms with Gasteiger partial charge in [0, 0.05) is 81.9 Å². The lowest BCUT2D eigenvalue weighted by Gasteiger charge is -2.14. The summed E-state index contributed by atoms with van der Waals surface area (Å²) in [4.78, 5) is 56.7. The number of aryl methyl sites for hydroxylation is 5. The van der Waals surface area contributed by atoms with Crippen LogP contribution in [0.5, 0.6) is 0 Å². The number of benzene rings is 6. The zero-order chi connectivity index (χ0) is 64.0. The van der Waals surface area contributed by atoms with Crippen molar-refractivity contribution in [2.45, 2.75) is 45.7 Å². The molecule has 92 heavy (non-hydrogen) atoms. The molecule has 0 amide bonds. The molecule has 0 bridgehead atoms. The molecule has 0 aliphatic heterocycles. The van der Waals surface area contributed by atoms with Gasteiger partial charge in [0.1, 0.15) is 12.3 Å². The van der Waals surface area contributed by atoms with Crippen LogP contribution in [0.2, 0.25) is 0 Å². The van der Waals surface area contributed by atoms with E-state index >= 15 is 0 Å². The minimum absolute atomic E-state index is 0.0545. The summed E-state index contributed by atoms with van der Waals surface area (Å²) in [7, 11) is -8.23. The summed E-state index contributed by atoms with van der Waals surface area (Å²) < 4.78 is 73.8. The van der Waals surface area contributed by atoms with Gasteiger partial charge in [-0.2, -0.15) is 13.2 Å². The van der Waals surface area contributed by atoms with Gasteiger partial charge in [0.25, 0.3) is 0 Å². The van der Waals surface area contributed by atoms with E-state index in [1.807, 2.05) is 122 Å². The normalized spacial score (nSPS) is 11.9. The van der Waals surface area contributed by atoms with Crippen LogP contribution < -0.4 is 18.3 Å². The summed E-state index contributed by atoms with van der Waals surface area (Å²) in [5.41, 5.74) is 14.7. The van der Waals surface area contributed by atoms with E-state index in [1.165, 1.54) is 12.1 Å². The minimum Gasteiger partial charge on any atom is -0.324 e. The first kappa shape index (κ1) is 62.4. The van der Waals surface area contributed by atoms with Crippen LogP contribution in [-0.4, -0.2) is 51.8 Å². The van der Waals surface area contributed by atoms with E-state index in [4.69, 9.17) is 19.9 Å². The molecule has 6 aromatic heterocycles. The number of aromatic nitrogens is 8. The first-order valence-electron chi connectivity index (χ1n) is 29.8. The lowest BCUT2D eigenvalue weighted by molar-refractivity contribution is -0.726. The van der Waals surface area contributed by atoms with Crippen molar-refractivity contribution in [2.24, 2.45) is 0 Å². The van der Waals surface area contributed by atoms with Crippen molar-refractivity contribution >= 4 is 15.2 Å². The number of rotatable bonds is 20. The highest BCUT2D eigenvalue weighted by atomic mass is 31.2. The second kappa shape index (κ2) is 26.9.